The van der Waals surface area contributed by atoms with Crippen LogP contribution in [0.1, 0.15) is 52.7 Å². The molecule has 0 bridgehead atoms. The minimum absolute atomic E-state index is 0.0359. The van der Waals surface area contributed by atoms with Gasteiger partial charge in [-0.3, -0.25) is 0 Å². The molecular weight excluding hydrogens is 789 g/mol. The summed E-state index contributed by atoms with van der Waals surface area (Å²) < 4.78 is 9.61. The third kappa shape index (κ3) is 6.28. The Balaban J connectivity index is 1.09. The number of nitrogens with zero attached hydrogens (tertiary/aromatic N) is 3. The first-order chi connectivity index (χ1) is 31.5. The number of ether oxygens (including phenoxy) is 1. The van der Waals surface area contributed by atoms with Gasteiger partial charge in [-0.2, -0.15) is 0 Å². The first-order valence-electron chi connectivity index (χ1n) is 22.9. The van der Waals surface area contributed by atoms with Crippen molar-refractivity contribution in [3.05, 3.63) is 205 Å². The third-order valence-electron chi connectivity index (χ3n) is 13.7. The van der Waals surface area contributed by atoms with Crippen LogP contribution in [-0.4, -0.2) is 11.3 Å². The number of rotatable bonds is 5. The molecule has 314 valence electrons. The van der Waals surface area contributed by atoms with Gasteiger partial charge in [-0.15, -0.1) is 0 Å². The Morgan fingerprint density at radius 1 is 0.446 bits per heavy atom. The van der Waals surface area contributed by atoms with E-state index < -0.39 is 0 Å². The van der Waals surface area contributed by atoms with E-state index >= 15 is 0 Å². The lowest BCUT2D eigenvalue weighted by molar-refractivity contribution is 0.488. The average Bonchev–Trinajstić information content (AvgIpc) is 3.64. The van der Waals surface area contributed by atoms with Gasteiger partial charge in [0.25, 0.3) is 6.71 Å². The monoisotopic (exact) mass is 839 g/mol. The summed E-state index contributed by atoms with van der Waals surface area (Å²) in [5.41, 5.74) is 16.7. The van der Waals surface area contributed by atoms with Crippen LogP contribution in [0, 0.1) is 0 Å². The second-order valence-electron chi connectivity index (χ2n) is 19.8. The normalized spacial score (nSPS) is 13.1. The van der Waals surface area contributed by atoms with E-state index in [1.54, 1.807) is 0 Å². The number of fused-ring (bicyclic) bond motifs is 9. The van der Waals surface area contributed by atoms with Gasteiger partial charge in [-0.05, 0) is 135 Å². The highest BCUT2D eigenvalue weighted by Gasteiger charge is 2.43. The van der Waals surface area contributed by atoms with Crippen molar-refractivity contribution in [3.8, 4) is 17.2 Å². The predicted octanol–water partition coefficient (Wildman–Crippen LogP) is 14.4. The van der Waals surface area contributed by atoms with Crippen LogP contribution in [-0.2, 0) is 10.8 Å². The lowest BCUT2D eigenvalue weighted by atomic mass is 9.34. The Morgan fingerprint density at radius 3 is 1.77 bits per heavy atom. The fourth-order valence-corrected chi connectivity index (χ4v) is 10.4. The SMILES string of the molecule is CC(C)(C)c1ccc(N2c3ccc(C(C)(C)C)cc3B3c4cc5c(cc4Oc4cccc2c43)c2ccc3cc(N(c4ccccc4)c4ccccc4)ccc3c2n5-c2ccccc2)cc1. The van der Waals surface area contributed by atoms with Crippen LogP contribution in [0.5, 0.6) is 11.5 Å². The summed E-state index contributed by atoms with van der Waals surface area (Å²) in [5, 5.41) is 4.74. The Bertz CT molecular complexity index is 3430. The van der Waals surface area contributed by atoms with E-state index in [-0.39, 0.29) is 17.5 Å². The molecule has 4 nitrogen and oxygen atoms in total. The van der Waals surface area contributed by atoms with Gasteiger partial charge in [0.15, 0.2) is 0 Å². The van der Waals surface area contributed by atoms with Gasteiger partial charge < -0.3 is 19.1 Å². The number of hydrogen-bond donors (Lipinski definition) is 0. The molecule has 0 unspecified atom stereocenters. The van der Waals surface area contributed by atoms with Crippen LogP contribution in [0.15, 0.2) is 194 Å². The van der Waals surface area contributed by atoms with Crippen LogP contribution in [0.25, 0.3) is 38.3 Å². The van der Waals surface area contributed by atoms with Crippen LogP contribution in [0.3, 0.4) is 0 Å². The van der Waals surface area contributed by atoms with Gasteiger partial charge in [0, 0.05) is 56.0 Å². The fraction of sp³-hybridized carbons (Fsp3) is 0.133. The van der Waals surface area contributed by atoms with E-state index in [1.807, 2.05) is 0 Å². The van der Waals surface area contributed by atoms with E-state index in [0.717, 1.165) is 51.1 Å². The van der Waals surface area contributed by atoms with Crippen LogP contribution in [0.2, 0.25) is 0 Å². The summed E-state index contributed by atoms with van der Waals surface area (Å²) in [6.07, 6.45) is 0. The lowest BCUT2D eigenvalue weighted by Gasteiger charge is -2.40. The molecule has 0 saturated heterocycles. The number of anilines is 6. The van der Waals surface area contributed by atoms with E-state index in [9.17, 15) is 0 Å². The lowest BCUT2D eigenvalue weighted by Crippen LogP contribution is -2.59. The largest absolute Gasteiger partial charge is 0.458 e. The summed E-state index contributed by atoms with van der Waals surface area (Å²) in [5.74, 6) is 1.82. The molecule has 9 aromatic carbocycles. The molecule has 0 aliphatic carbocycles. The van der Waals surface area contributed by atoms with E-state index in [1.165, 1.54) is 60.3 Å². The molecule has 1 aromatic heterocycles. The molecule has 0 amide bonds. The molecule has 3 heterocycles. The van der Waals surface area contributed by atoms with Crippen molar-refractivity contribution < 1.29 is 4.74 Å². The number of para-hydroxylation sites is 3. The average molecular weight is 840 g/mol. The number of benzene rings is 9. The topological polar surface area (TPSA) is 20.6 Å². The van der Waals surface area contributed by atoms with Crippen molar-refractivity contribution in [1.82, 2.24) is 4.57 Å². The van der Waals surface area contributed by atoms with Crippen molar-refractivity contribution >= 4 is 89.8 Å². The van der Waals surface area contributed by atoms with Gasteiger partial charge in [-0.25, -0.2) is 0 Å². The zero-order chi connectivity index (χ0) is 44.2. The zero-order valence-electron chi connectivity index (χ0n) is 37.8. The molecule has 2 aliphatic heterocycles. The molecule has 0 N–H and O–H groups in total. The van der Waals surface area contributed by atoms with Gasteiger partial charge in [0.1, 0.15) is 11.5 Å². The summed E-state index contributed by atoms with van der Waals surface area (Å²) >= 11 is 0. The van der Waals surface area contributed by atoms with Crippen molar-refractivity contribution in [2.75, 3.05) is 9.80 Å². The maximum Gasteiger partial charge on any atom is 0.256 e. The van der Waals surface area contributed by atoms with Gasteiger partial charge in [-0.1, -0.05) is 145 Å². The van der Waals surface area contributed by atoms with Crippen LogP contribution < -0.4 is 30.9 Å². The quantitative estimate of drug-likeness (QED) is 0.161. The molecule has 10 aromatic rings. The Hall–Kier alpha value is -7.50. The smallest absolute Gasteiger partial charge is 0.256 e. The maximum absolute atomic E-state index is 7.13. The summed E-state index contributed by atoms with van der Waals surface area (Å²) in [7, 11) is 0. The number of hydrogen-bond acceptors (Lipinski definition) is 3. The van der Waals surface area contributed by atoms with E-state index in [2.05, 4.69) is 250 Å². The highest BCUT2D eigenvalue weighted by Crippen LogP contribution is 2.45. The van der Waals surface area contributed by atoms with Gasteiger partial charge >= 0.3 is 0 Å². The minimum atomic E-state index is -0.0414. The fourth-order valence-electron chi connectivity index (χ4n) is 10.4. The van der Waals surface area contributed by atoms with E-state index in [4.69, 9.17) is 4.74 Å². The van der Waals surface area contributed by atoms with Crippen LogP contribution >= 0.6 is 0 Å². The summed E-state index contributed by atoms with van der Waals surface area (Å²) in [6.45, 7) is 13.7. The Morgan fingerprint density at radius 2 is 1.09 bits per heavy atom. The molecule has 2 aliphatic rings. The molecule has 0 spiro atoms. The molecule has 0 fully saturated rings. The zero-order valence-corrected chi connectivity index (χ0v) is 37.8. The predicted molar refractivity (Wildman–Crippen MR) is 276 cm³/mol. The standard InChI is InChI=1S/C60H50BN3O/c1-59(2,3)40-26-29-45(30-27-40)63-52-34-28-41(60(4,5)6)36-50(52)61-51-38-54-49(37-56(51)65-55-24-16-23-53(63)57(55)61)48-32-25-39-35-46(31-33-47(39)58(48)64(54)44-21-14-9-15-22-44)62(42-17-10-7-11-18-42)43-19-12-8-13-20-43/h7-38H,1-6H3. The van der Waals surface area contributed by atoms with Gasteiger partial charge in [0.2, 0.25) is 0 Å². The number of aromatic nitrogens is 1. The van der Waals surface area contributed by atoms with Crippen molar-refractivity contribution in [2.45, 2.75) is 52.4 Å². The Kier molecular flexibility index (Phi) is 8.74. The first-order valence-corrected chi connectivity index (χ1v) is 22.9. The molecular formula is C60H50BN3O. The van der Waals surface area contributed by atoms with Gasteiger partial charge in [0.05, 0.1) is 11.0 Å². The molecule has 0 atom stereocenters. The second kappa shape index (κ2) is 14.5. The van der Waals surface area contributed by atoms with Crippen LogP contribution in [0.4, 0.5) is 34.1 Å². The molecule has 5 heteroatoms. The maximum atomic E-state index is 7.13. The molecule has 65 heavy (non-hydrogen) atoms. The molecule has 12 rings (SSSR count). The summed E-state index contributed by atoms with van der Waals surface area (Å²) in [4.78, 5) is 4.79. The Labute approximate surface area is 382 Å². The van der Waals surface area contributed by atoms with Crippen molar-refractivity contribution in [2.24, 2.45) is 0 Å². The highest BCUT2D eigenvalue weighted by molar-refractivity contribution is 6.99. The highest BCUT2D eigenvalue weighted by atomic mass is 16.5. The molecule has 0 radical (unpaired) electrons. The van der Waals surface area contributed by atoms with E-state index in [0.29, 0.717) is 0 Å². The second-order valence-corrected chi connectivity index (χ2v) is 19.8. The first kappa shape index (κ1) is 39.1. The third-order valence-corrected chi connectivity index (χ3v) is 13.7. The molecule has 0 saturated carbocycles. The van der Waals surface area contributed by atoms with Crippen molar-refractivity contribution in [1.29, 1.82) is 0 Å². The minimum Gasteiger partial charge on any atom is -0.458 e. The summed E-state index contributed by atoms with van der Waals surface area (Å²) in [6, 6.07) is 71.3. The van der Waals surface area contributed by atoms with Crippen molar-refractivity contribution in [3.63, 3.8) is 0 Å².